The first-order chi connectivity index (χ1) is 13.2. The van der Waals surface area contributed by atoms with Crippen LogP contribution in [-0.2, 0) is 4.79 Å². The number of anilines is 4. The number of rotatable bonds is 9. The quantitative estimate of drug-likeness (QED) is 0.500. The van der Waals surface area contributed by atoms with Crippen molar-refractivity contribution < 1.29 is 9.59 Å². The minimum atomic E-state index is -0.729. The fourth-order valence-electron chi connectivity index (χ4n) is 2.48. The van der Waals surface area contributed by atoms with Crippen LogP contribution in [0.15, 0.2) is 24.5 Å². The van der Waals surface area contributed by atoms with Gasteiger partial charge in [-0.2, -0.15) is 0 Å². The molecule has 6 N–H and O–H groups in total. The van der Waals surface area contributed by atoms with Gasteiger partial charge >= 0.3 is 0 Å². The van der Waals surface area contributed by atoms with Gasteiger partial charge in [0.2, 0.25) is 5.91 Å². The lowest BCUT2D eigenvalue weighted by Crippen LogP contribution is -2.37. The second-order valence-corrected chi connectivity index (χ2v) is 6.97. The lowest BCUT2D eigenvalue weighted by Gasteiger charge is -2.19. The van der Waals surface area contributed by atoms with Crippen molar-refractivity contribution in [3.05, 3.63) is 30.2 Å². The number of carbonyl (C=O) groups excluding carboxylic acids is 2. The van der Waals surface area contributed by atoms with Crippen LogP contribution in [0.3, 0.4) is 0 Å². The predicted molar refractivity (Wildman–Crippen MR) is 108 cm³/mol. The normalized spacial score (nSPS) is 11.8. The first-order valence-electron chi connectivity index (χ1n) is 8.80. The zero-order chi connectivity index (χ0) is 20.8. The standard InChI is InChI=1S/C18H26N8O2/c1-10(2)7-12(16(19)27)24-13-9-22-15(17(20)28)18(25-13)23-11-5-6-14(21-8-11)26(3)4/h5-6,8-10,12H,7H2,1-4H3,(H2,19,27)(H2,20,28)(H2,23,24,25)/t12-/m1/s1. The average Bonchev–Trinajstić information content (AvgIpc) is 2.61. The van der Waals surface area contributed by atoms with Gasteiger partial charge in [-0.3, -0.25) is 9.59 Å². The molecule has 0 aliphatic heterocycles. The molecule has 2 amide bonds. The summed E-state index contributed by atoms with van der Waals surface area (Å²) >= 11 is 0. The van der Waals surface area contributed by atoms with Crippen LogP contribution in [-0.4, -0.2) is 46.9 Å². The van der Waals surface area contributed by atoms with Gasteiger partial charge in [-0.15, -0.1) is 0 Å². The molecule has 150 valence electrons. The molecule has 0 aliphatic carbocycles. The summed E-state index contributed by atoms with van der Waals surface area (Å²) in [7, 11) is 3.77. The summed E-state index contributed by atoms with van der Waals surface area (Å²) in [4.78, 5) is 38.0. The highest BCUT2D eigenvalue weighted by molar-refractivity contribution is 5.96. The monoisotopic (exact) mass is 386 g/mol. The Morgan fingerprint density at radius 2 is 1.86 bits per heavy atom. The smallest absolute Gasteiger partial charge is 0.271 e. The Labute approximate surface area is 163 Å². The second kappa shape index (κ2) is 8.98. The van der Waals surface area contributed by atoms with Crippen LogP contribution in [0.25, 0.3) is 0 Å². The fourth-order valence-corrected chi connectivity index (χ4v) is 2.48. The second-order valence-electron chi connectivity index (χ2n) is 6.97. The van der Waals surface area contributed by atoms with Crippen molar-refractivity contribution in [3.8, 4) is 0 Å². The van der Waals surface area contributed by atoms with E-state index < -0.39 is 17.9 Å². The third-order valence-corrected chi connectivity index (χ3v) is 3.85. The Morgan fingerprint density at radius 3 is 2.36 bits per heavy atom. The van der Waals surface area contributed by atoms with E-state index in [0.29, 0.717) is 17.9 Å². The number of amides is 2. The van der Waals surface area contributed by atoms with E-state index >= 15 is 0 Å². The summed E-state index contributed by atoms with van der Waals surface area (Å²) in [6, 6.07) is 3.00. The van der Waals surface area contributed by atoms with Gasteiger partial charge in [0.05, 0.1) is 18.1 Å². The molecule has 28 heavy (non-hydrogen) atoms. The molecular weight excluding hydrogens is 360 g/mol. The van der Waals surface area contributed by atoms with Crippen LogP contribution in [0.1, 0.15) is 30.8 Å². The molecule has 0 aliphatic rings. The summed E-state index contributed by atoms with van der Waals surface area (Å²) < 4.78 is 0. The van der Waals surface area contributed by atoms with Gasteiger partial charge in [0.25, 0.3) is 5.91 Å². The topological polar surface area (TPSA) is 152 Å². The summed E-state index contributed by atoms with van der Waals surface area (Å²) in [6.07, 6.45) is 3.48. The van der Waals surface area contributed by atoms with E-state index in [1.165, 1.54) is 6.20 Å². The Bertz CT molecular complexity index is 836. The van der Waals surface area contributed by atoms with Crippen molar-refractivity contribution in [1.82, 2.24) is 15.0 Å². The molecule has 0 spiro atoms. The maximum Gasteiger partial charge on any atom is 0.271 e. The number of pyridine rings is 1. The van der Waals surface area contributed by atoms with Gasteiger partial charge < -0.3 is 27.0 Å². The Morgan fingerprint density at radius 1 is 1.14 bits per heavy atom. The number of nitrogens with zero attached hydrogens (tertiary/aromatic N) is 4. The van der Waals surface area contributed by atoms with Crippen LogP contribution in [0, 0.1) is 5.92 Å². The molecule has 2 aromatic rings. The predicted octanol–water partition coefficient (Wildman–Crippen LogP) is 1.09. The average molecular weight is 386 g/mol. The largest absolute Gasteiger partial charge is 0.368 e. The van der Waals surface area contributed by atoms with Crippen LogP contribution in [0.2, 0.25) is 0 Å². The van der Waals surface area contributed by atoms with Crippen molar-refractivity contribution >= 4 is 35.0 Å². The molecular formula is C18H26N8O2. The SMILES string of the molecule is CC(C)C[C@@H](Nc1cnc(C(N)=O)c(Nc2ccc(N(C)C)nc2)n1)C(N)=O. The number of hydrogen-bond donors (Lipinski definition) is 4. The lowest BCUT2D eigenvalue weighted by molar-refractivity contribution is -0.119. The minimum absolute atomic E-state index is 0.0262. The number of hydrogen-bond acceptors (Lipinski definition) is 8. The third-order valence-electron chi connectivity index (χ3n) is 3.85. The van der Waals surface area contributed by atoms with Crippen LogP contribution in [0.4, 0.5) is 23.1 Å². The van der Waals surface area contributed by atoms with Crippen LogP contribution >= 0.6 is 0 Å². The summed E-state index contributed by atoms with van der Waals surface area (Å²) in [5, 5.41) is 5.96. The fraction of sp³-hybridized carbons (Fsp3) is 0.389. The molecule has 10 heteroatoms. The van der Waals surface area contributed by atoms with Gasteiger partial charge in [0.1, 0.15) is 17.7 Å². The van der Waals surface area contributed by atoms with E-state index in [1.807, 2.05) is 38.9 Å². The highest BCUT2D eigenvalue weighted by Crippen LogP contribution is 2.21. The molecule has 0 fully saturated rings. The van der Waals surface area contributed by atoms with E-state index in [0.717, 1.165) is 5.82 Å². The third kappa shape index (κ3) is 5.53. The molecule has 2 heterocycles. The molecule has 1 atom stereocenters. The molecule has 0 radical (unpaired) electrons. The van der Waals surface area contributed by atoms with Crippen molar-refractivity contribution in [3.63, 3.8) is 0 Å². The summed E-state index contributed by atoms with van der Waals surface area (Å²) in [5.74, 6) is 0.266. The number of nitrogens with one attached hydrogen (secondary N) is 2. The van der Waals surface area contributed by atoms with E-state index in [4.69, 9.17) is 11.5 Å². The number of carbonyl (C=O) groups is 2. The van der Waals surface area contributed by atoms with E-state index in [1.54, 1.807) is 12.3 Å². The van der Waals surface area contributed by atoms with E-state index in [9.17, 15) is 9.59 Å². The van der Waals surface area contributed by atoms with Crippen molar-refractivity contribution in [2.75, 3.05) is 29.6 Å². The van der Waals surface area contributed by atoms with Crippen LogP contribution < -0.4 is 27.0 Å². The van der Waals surface area contributed by atoms with Gasteiger partial charge in [0.15, 0.2) is 11.5 Å². The first-order valence-corrected chi connectivity index (χ1v) is 8.80. The molecule has 0 unspecified atom stereocenters. The minimum Gasteiger partial charge on any atom is -0.368 e. The molecule has 0 saturated carbocycles. The highest BCUT2D eigenvalue weighted by Gasteiger charge is 2.19. The lowest BCUT2D eigenvalue weighted by atomic mass is 10.0. The molecule has 2 rings (SSSR count). The van der Waals surface area contributed by atoms with Gasteiger partial charge in [0, 0.05) is 14.1 Å². The zero-order valence-electron chi connectivity index (χ0n) is 16.4. The Balaban J connectivity index is 2.29. The van der Waals surface area contributed by atoms with Gasteiger partial charge in [-0.05, 0) is 24.5 Å². The summed E-state index contributed by atoms with van der Waals surface area (Å²) in [6.45, 7) is 3.97. The maximum absolute atomic E-state index is 11.7. The molecule has 2 aromatic heterocycles. The summed E-state index contributed by atoms with van der Waals surface area (Å²) in [5.41, 5.74) is 11.4. The van der Waals surface area contributed by atoms with Gasteiger partial charge in [-0.25, -0.2) is 15.0 Å². The highest BCUT2D eigenvalue weighted by atomic mass is 16.1. The Kier molecular flexibility index (Phi) is 6.69. The van der Waals surface area contributed by atoms with Gasteiger partial charge in [-0.1, -0.05) is 13.8 Å². The molecule has 0 aromatic carbocycles. The molecule has 0 saturated heterocycles. The van der Waals surface area contributed by atoms with Crippen molar-refractivity contribution in [1.29, 1.82) is 0 Å². The van der Waals surface area contributed by atoms with Crippen molar-refractivity contribution in [2.24, 2.45) is 17.4 Å². The van der Waals surface area contributed by atoms with Crippen molar-refractivity contribution in [2.45, 2.75) is 26.3 Å². The Hall–Kier alpha value is -3.43. The van der Waals surface area contributed by atoms with E-state index in [2.05, 4.69) is 25.6 Å². The number of nitrogens with two attached hydrogens (primary N) is 2. The molecule has 0 bridgehead atoms. The maximum atomic E-state index is 11.7. The number of primary amides is 2. The number of aromatic nitrogens is 3. The first kappa shape index (κ1) is 20.9. The molecule has 10 nitrogen and oxygen atoms in total. The van der Waals surface area contributed by atoms with E-state index in [-0.39, 0.29) is 17.4 Å². The zero-order valence-corrected chi connectivity index (χ0v) is 16.4. The van der Waals surface area contributed by atoms with Crippen LogP contribution in [0.5, 0.6) is 0 Å².